The third-order valence-electron chi connectivity index (χ3n) is 5.54. The minimum Gasteiger partial charge on any atom is -0.378 e. The Morgan fingerprint density at radius 1 is 1.17 bits per heavy atom. The molecule has 1 aliphatic heterocycles. The Kier molecular flexibility index (Phi) is 7.44. The summed E-state index contributed by atoms with van der Waals surface area (Å²) in [6, 6.07) is 8.54. The van der Waals surface area contributed by atoms with Crippen LogP contribution < -0.4 is 10.2 Å². The topological polar surface area (TPSA) is 75.5 Å². The van der Waals surface area contributed by atoms with Gasteiger partial charge in [0.2, 0.25) is 5.91 Å². The van der Waals surface area contributed by atoms with Gasteiger partial charge in [-0.15, -0.1) is 10.2 Å². The largest absolute Gasteiger partial charge is 0.378 e. The highest BCUT2D eigenvalue weighted by Crippen LogP contribution is 2.23. The average Bonchev–Trinajstić information content (AvgIpc) is 3.00. The second kappa shape index (κ2) is 10.0. The summed E-state index contributed by atoms with van der Waals surface area (Å²) in [5.74, 6) is 1.89. The van der Waals surface area contributed by atoms with Crippen LogP contribution in [0.15, 0.2) is 24.3 Å². The van der Waals surface area contributed by atoms with E-state index in [1.54, 1.807) is 0 Å². The van der Waals surface area contributed by atoms with E-state index in [1.807, 2.05) is 0 Å². The zero-order valence-corrected chi connectivity index (χ0v) is 18.8. The van der Waals surface area contributed by atoms with Crippen LogP contribution in [0.3, 0.4) is 0 Å². The van der Waals surface area contributed by atoms with Gasteiger partial charge in [-0.3, -0.25) is 9.69 Å². The number of methoxy groups -OCH3 is 1. The van der Waals surface area contributed by atoms with Crippen molar-refractivity contribution >= 4 is 11.6 Å². The molecule has 8 nitrogen and oxygen atoms in total. The predicted molar refractivity (Wildman–Crippen MR) is 117 cm³/mol. The van der Waals surface area contributed by atoms with Gasteiger partial charge in [-0.05, 0) is 23.6 Å². The second-order valence-corrected chi connectivity index (χ2v) is 8.44. The van der Waals surface area contributed by atoms with E-state index in [1.165, 1.54) is 18.4 Å². The van der Waals surface area contributed by atoms with E-state index in [0.29, 0.717) is 0 Å². The molecule has 1 aliphatic rings. The maximum Gasteiger partial charge on any atom is 0.246 e. The third kappa shape index (κ3) is 5.37. The minimum atomic E-state index is -0.181. The minimum absolute atomic E-state index is 0.0462. The molecule has 0 bridgehead atoms. The number of ether oxygens (including phenoxy) is 1. The fraction of sp³-hybridized carbons (Fsp3) is 0.591. The summed E-state index contributed by atoms with van der Waals surface area (Å²) in [5.41, 5.74) is 2.52. The summed E-state index contributed by atoms with van der Waals surface area (Å²) < 4.78 is 7.15. The van der Waals surface area contributed by atoms with Gasteiger partial charge in [0.05, 0.1) is 6.04 Å². The van der Waals surface area contributed by atoms with Crippen LogP contribution in [0.25, 0.3) is 0 Å². The Hall–Kier alpha value is -2.45. The Morgan fingerprint density at radius 2 is 1.90 bits per heavy atom. The summed E-state index contributed by atoms with van der Waals surface area (Å²) in [6.07, 6.45) is 0.847. The number of hydrogen-bond acceptors (Lipinski definition) is 6. The molecule has 1 amide bonds. The first kappa shape index (κ1) is 22.2. The number of rotatable bonds is 8. The van der Waals surface area contributed by atoms with Gasteiger partial charge in [0.1, 0.15) is 12.4 Å². The molecule has 30 heavy (non-hydrogen) atoms. The lowest BCUT2D eigenvalue weighted by molar-refractivity contribution is -0.125. The molecular formula is C22H34N6O2. The number of fused-ring (bicyclic) bond motifs is 1. The molecule has 2 heterocycles. The Balaban J connectivity index is 1.68. The maximum atomic E-state index is 12.1. The lowest BCUT2D eigenvalue weighted by Crippen LogP contribution is -2.36. The van der Waals surface area contributed by atoms with E-state index in [2.05, 4.69) is 82.1 Å². The molecule has 3 rings (SSSR count). The molecule has 2 aromatic rings. The van der Waals surface area contributed by atoms with E-state index in [9.17, 15) is 4.79 Å². The van der Waals surface area contributed by atoms with Crippen molar-refractivity contribution in [3.63, 3.8) is 0 Å². The van der Waals surface area contributed by atoms with Crippen molar-refractivity contribution < 1.29 is 9.53 Å². The van der Waals surface area contributed by atoms with Crippen molar-refractivity contribution in [3.8, 4) is 0 Å². The standard InChI is InChI=1S/C22H34N6O2/c1-16(2)21(23-20(29)15-30-5)22-25-24-19-10-11-27(12-13-28(19)22)14-17-6-8-18(9-7-17)26(3)4/h6-9,16,21H,10-15H2,1-5H3,(H,23,29). The molecule has 0 radical (unpaired) electrons. The van der Waals surface area contributed by atoms with Gasteiger partial charge in [0.25, 0.3) is 0 Å². The molecule has 0 aliphatic carbocycles. The van der Waals surface area contributed by atoms with Crippen molar-refractivity contribution in [2.75, 3.05) is 45.8 Å². The van der Waals surface area contributed by atoms with Crippen LogP contribution in [0.1, 0.15) is 37.1 Å². The van der Waals surface area contributed by atoms with Crippen LogP contribution >= 0.6 is 0 Å². The van der Waals surface area contributed by atoms with E-state index in [-0.39, 0.29) is 24.5 Å². The molecule has 8 heteroatoms. The Morgan fingerprint density at radius 3 is 2.53 bits per heavy atom. The molecule has 1 N–H and O–H groups in total. The van der Waals surface area contributed by atoms with Crippen LogP contribution in [0, 0.1) is 5.92 Å². The zero-order chi connectivity index (χ0) is 21.7. The number of anilines is 1. The summed E-state index contributed by atoms with van der Waals surface area (Å²) in [4.78, 5) is 16.7. The number of nitrogens with one attached hydrogen (secondary N) is 1. The molecule has 1 aromatic carbocycles. The number of carbonyl (C=O) groups excluding carboxylic acids is 1. The number of carbonyl (C=O) groups is 1. The number of hydrogen-bond donors (Lipinski definition) is 1. The second-order valence-electron chi connectivity index (χ2n) is 8.44. The smallest absolute Gasteiger partial charge is 0.246 e. The molecular weight excluding hydrogens is 380 g/mol. The first-order valence-electron chi connectivity index (χ1n) is 10.6. The van der Waals surface area contributed by atoms with Crippen LogP contribution in [-0.2, 0) is 29.0 Å². The van der Waals surface area contributed by atoms with Crippen molar-refractivity contribution in [2.45, 2.75) is 39.4 Å². The van der Waals surface area contributed by atoms with Crippen LogP contribution in [0.4, 0.5) is 5.69 Å². The van der Waals surface area contributed by atoms with Crippen molar-refractivity contribution in [2.24, 2.45) is 5.92 Å². The fourth-order valence-corrected chi connectivity index (χ4v) is 3.81. The van der Waals surface area contributed by atoms with Gasteiger partial charge < -0.3 is 19.5 Å². The predicted octanol–water partition coefficient (Wildman–Crippen LogP) is 1.86. The highest BCUT2D eigenvalue weighted by molar-refractivity contribution is 5.77. The molecule has 0 spiro atoms. The van der Waals surface area contributed by atoms with Gasteiger partial charge in [0, 0.05) is 59.5 Å². The van der Waals surface area contributed by atoms with Gasteiger partial charge in [0.15, 0.2) is 5.82 Å². The van der Waals surface area contributed by atoms with E-state index in [0.717, 1.165) is 44.2 Å². The lowest BCUT2D eigenvalue weighted by Gasteiger charge is -2.23. The lowest BCUT2D eigenvalue weighted by atomic mass is 10.0. The fourth-order valence-electron chi connectivity index (χ4n) is 3.81. The molecule has 1 atom stereocenters. The monoisotopic (exact) mass is 414 g/mol. The summed E-state index contributed by atoms with van der Waals surface area (Å²) in [6.45, 7) is 7.81. The van der Waals surface area contributed by atoms with Crippen molar-refractivity contribution in [3.05, 3.63) is 41.5 Å². The highest BCUT2D eigenvalue weighted by atomic mass is 16.5. The number of nitrogens with zero attached hydrogens (tertiary/aromatic N) is 5. The highest BCUT2D eigenvalue weighted by Gasteiger charge is 2.27. The van der Waals surface area contributed by atoms with E-state index in [4.69, 9.17) is 4.74 Å². The SMILES string of the molecule is COCC(=O)NC(c1nnc2n1CCN(Cc1ccc(N(C)C)cc1)CC2)C(C)C. The molecule has 1 aromatic heterocycles. The summed E-state index contributed by atoms with van der Waals surface area (Å²) in [5, 5.41) is 11.9. The van der Waals surface area contributed by atoms with Crippen LogP contribution in [0.5, 0.6) is 0 Å². The van der Waals surface area contributed by atoms with E-state index >= 15 is 0 Å². The molecule has 0 fully saturated rings. The summed E-state index contributed by atoms with van der Waals surface area (Å²) >= 11 is 0. The number of amides is 1. The number of aromatic nitrogens is 3. The van der Waals surface area contributed by atoms with Crippen molar-refractivity contribution in [1.82, 2.24) is 25.0 Å². The first-order valence-corrected chi connectivity index (χ1v) is 10.6. The average molecular weight is 415 g/mol. The molecule has 0 saturated heterocycles. The quantitative estimate of drug-likeness (QED) is 0.711. The summed E-state index contributed by atoms with van der Waals surface area (Å²) in [7, 11) is 5.63. The molecule has 1 unspecified atom stereocenters. The Labute approximate surface area is 179 Å². The maximum absolute atomic E-state index is 12.1. The van der Waals surface area contributed by atoms with Gasteiger partial charge in [-0.25, -0.2) is 0 Å². The normalized spacial score (nSPS) is 15.5. The van der Waals surface area contributed by atoms with Gasteiger partial charge in [-0.2, -0.15) is 0 Å². The van der Waals surface area contributed by atoms with Gasteiger partial charge in [-0.1, -0.05) is 26.0 Å². The van der Waals surface area contributed by atoms with E-state index < -0.39 is 0 Å². The Bertz CT molecular complexity index is 831. The van der Waals surface area contributed by atoms with Gasteiger partial charge >= 0.3 is 0 Å². The third-order valence-corrected chi connectivity index (χ3v) is 5.54. The van der Waals surface area contributed by atoms with Crippen molar-refractivity contribution in [1.29, 1.82) is 0 Å². The molecule has 164 valence electrons. The number of benzene rings is 1. The first-order chi connectivity index (χ1) is 14.4. The van der Waals surface area contributed by atoms with Crippen LogP contribution in [-0.4, -0.2) is 66.5 Å². The van der Waals surface area contributed by atoms with Crippen LogP contribution in [0.2, 0.25) is 0 Å². The zero-order valence-electron chi connectivity index (χ0n) is 18.8. The molecule has 0 saturated carbocycles.